The second kappa shape index (κ2) is 4.19. The SMILES string of the molecule is CNC(C(=O)O)c1ccc(F)c(C)c1. The van der Waals surface area contributed by atoms with E-state index in [-0.39, 0.29) is 5.82 Å². The smallest absolute Gasteiger partial charge is 0.325 e. The van der Waals surface area contributed by atoms with Crippen LogP contribution in [0.3, 0.4) is 0 Å². The van der Waals surface area contributed by atoms with E-state index in [0.717, 1.165) is 0 Å². The Kier molecular flexibility index (Phi) is 3.19. The van der Waals surface area contributed by atoms with Crippen LogP contribution in [0, 0.1) is 12.7 Å². The molecule has 1 unspecified atom stereocenters. The molecule has 0 spiro atoms. The third-order valence-corrected chi connectivity index (χ3v) is 2.05. The van der Waals surface area contributed by atoms with Gasteiger partial charge in [-0.2, -0.15) is 0 Å². The Hall–Kier alpha value is -1.42. The summed E-state index contributed by atoms with van der Waals surface area (Å²) >= 11 is 0. The Morgan fingerprint density at radius 3 is 2.64 bits per heavy atom. The van der Waals surface area contributed by atoms with Crippen molar-refractivity contribution >= 4 is 5.97 Å². The molecule has 0 radical (unpaired) electrons. The van der Waals surface area contributed by atoms with Crippen LogP contribution in [-0.2, 0) is 4.79 Å². The van der Waals surface area contributed by atoms with Gasteiger partial charge in [-0.3, -0.25) is 4.79 Å². The van der Waals surface area contributed by atoms with Crippen LogP contribution in [0.15, 0.2) is 18.2 Å². The third kappa shape index (κ3) is 2.09. The van der Waals surface area contributed by atoms with Crippen LogP contribution in [0.5, 0.6) is 0 Å². The van der Waals surface area contributed by atoms with Gasteiger partial charge in [0.1, 0.15) is 11.9 Å². The number of benzene rings is 1. The Morgan fingerprint density at radius 2 is 2.21 bits per heavy atom. The van der Waals surface area contributed by atoms with Gasteiger partial charge in [-0.25, -0.2) is 4.39 Å². The monoisotopic (exact) mass is 197 g/mol. The van der Waals surface area contributed by atoms with Crippen molar-refractivity contribution in [2.75, 3.05) is 7.05 Å². The van der Waals surface area contributed by atoms with Crippen LogP contribution in [0.2, 0.25) is 0 Å². The van der Waals surface area contributed by atoms with E-state index >= 15 is 0 Å². The second-order valence-corrected chi connectivity index (χ2v) is 3.07. The summed E-state index contributed by atoms with van der Waals surface area (Å²) < 4.78 is 12.9. The number of hydrogen-bond acceptors (Lipinski definition) is 2. The van der Waals surface area contributed by atoms with E-state index in [9.17, 15) is 9.18 Å². The topological polar surface area (TPSA) is 49.3 Å². The lowest BCUT2D eigenvalue weighted by Crippen LogP contribution is -2.25. The number of carboxylic acid groups (broad SMARTS) is 1. The number of nitrogens with one attached hydrogen (secondary N) is 1. The first-order chi connectivity index (χ1) is 6.56. The zero-order valence-electron chi connectivity index (χ0n) is 8.04. The predicted molar refractivity (Wildman–Crippen MR) is 50.6 cm³/mol. The van der Waals surface area contributed by atoms with Crippen LogP contribution in [0.25, 0.3) is 0 Å². The number of carbonyl (C=O) groups is 1. The maximum Gasteiger partial charge on any atom is 0.325 e. The van der Waals surface area contributed by atoms with Gasteiger partial charge in [0.2, 0.25) is 0 Å². The second-order valence-electron chi connectivity index (χ2n) is 3.07. The van der Waals surface area contributed by atoms with E-state index in [1.807, 2.05) is 0 Å². The van der Waals surface area contributed by atoms with Gasteiger partial charge in [-0.1, -0.05) is 12.1 Å². The largest absolute Gasteiger partial charge is 0.480 e. The molecule has 1 rings (SSSR count). The van der Waals surface area contributed by atoms with Crippen molar-refractivity contribution in [3.63, 3.8) is 0 Å². The Bertz CT molecular complexity index is 352. The average Bonchev–Trinajstić information content (AvgIpc) is 2.11. The molecule has 3 nitrogen and oxygen atoms in total. The van der Waals surface area contributed by atoms with Gasteiger partial charge in [0, 0.05) is 0 Å². The van der Waals surface area contributed by atoms with E-state index in [4.69, 9.17) is 5.11 Å². The molecule has 0 aliphatic carbocycles. The van der Waals surface area contributed by atoms with Gasteiger partial charge in [0.05, 0.1) is 0 Å². The highest BCUT2D eigenvalue weighted by atomic mass is 19.1. The fourth-order valence-corrected chi connectivity index (χ4v) is 1.28. The highest BCUT2D eigenvalue weighted by Gasteiger charge is 2.17. The lowest BCUT2D eigenvalue weighted by atomic mass is 10.0. The molecule has 0 aliphatic rings. The first-order valence-electron chi connectivity index (χ1n) is 4.22. The van der Waals surface area contributed by atoms with Crippen LogP contribution in [0.1, 0.15) is 17.2 Å². The highest BCUT2D eigenvalue weighted by molar-refractivity contribution is 5.75. The molecule has 14 heavy (non-hydrogen) atoms. The molecule has 0 bridgehead atoms. The van der Waals surface area contributed by atoms with E-state index in [1.54, 1.807) is 14.0 Å². The van der Waals surface area contributed by atoms with Gasteiger partial charge in [0.15, 0.2) is 0 Å². The van der Waals surface area contributed by atoms with Gasteiger partial charge in [-0.15, -0.1) is 0 Å². The summed E-state index contributed by atoms with van der Waals surface area (Å²) in [5.74, 6) is -1.30. The van der Waals surface area contributed by atoms with E-state index < -0.39 is 12.0 Å². The average molecular weight is 197 g/mol. The van der Waals surface area contributed by atoms with Crippen LogP contribution < -0.4 is 5.32 Å². The van der Waals surface area contributed by atoms with Crippen molar-refractivity contribution in [1.82, 2.24) is 5.32 Å². The summed E-state index contributed by atoms with van der Waals surface area (Å²) in [5, 5.41) is 11.5. The molecule has 1 aromatic carbocycles. The molecule has 76 valence electrons. The minimum Gasteiger partial charge on any atom is -0.480 e. The normalized spacial score (nSPS) is 12.5. The van der Waals surface area contributed by atoms with Gasteiger partial charge >= 0.3 is 5.97 Å². The number of likely N-dealkylation sites (N-methyl/N-ethyl adjacent to an activating group) is 1. The Balaban J connectivity index is 3.06. The minimum atomic E-state index is -0.974. The number of halogens is 1. The molecule has 0 heterocycles. The standard InChI is InChI=1S/C10H12FNO2/c1-6-5-7(3-4-8(6)11)9(12-2)10(13)14/h3-5,9,12H,1-2H3,(H,13,14). The quantitative estimate of drug-likeness (QED) is 0.771. The summed E-state index contributed by atoms with van der Waals surface area (Å²) in [7, 11) is 1.55. The Labute approximate surface area is 81.6 Å². The van der Waals surface area contributed by atoms with Crippen molar-refractivity contribution in [3.05, 3.63) is 35.1 Å². The van der Waals surface area contributed by atoms with Crippen LogP contribution in [-0.4, -0.2) is 18.1 Å². The molecule has 0 fully saturated rings. The van der Waals surface area contributed by atoms with E-state index in [1.165, 1.54) is 18.2 Å². The number of aliphatic carboxylic acids is 1. The molecule has 0 aliphatic heterocycles. The van der Waals surface area contributed by atoms with Crippen LogP contribution >= 0.6 is 0 Å². The van der Waals surface area contributed by atoms with Crippen molar-refractivity contribution in [2.45, 2.75) is 13.0 Å². The number of rotatable bonds is 3. The van der Waals surface area contributed by atoms with E-state index in [0.29, 0.717) is 11.1 Å². The van der Waals surface area contributed by atoms with Crippen molar-refractivity contribution in [2.24, 2.45) is 0 Å². The van der Waals surface area contributed by atoms with Crippen molar-refractivity contribution in [3.8, 4) is 0 Å². The molecule has 2 N–H and O–H groups in total. The lowest BCUT2D eigenvalue weighted by molar-refractivity contribution is -0.139. The predicted octanol–water partition coefficient (Wildman–Crippen LogP) is 1.48. The molecule has 1 aromatic rings. The molecule has 0 saturated heterocycles. The number of hydrogen-bond donors (Lipinski definition) is 2. The maximum absolute atomic E-state index is 12.9. The zero-order chi connectivity index (χ0) is 10.7. The summed E-state index contributed by atoms with van der Waals surface area (Å²) in [5.41, 5.74) is 1.00. The molecule has 0 aromatic heterocycles. The maximum atomic E-state index is 12.9. The number of aryl methyl sites for hydroxylation is 1. The first kappa shape index (κ1) is 10.7. The summed E-state index contributed by atoms with van der Waals surface area (Å²) in [6.45, 7) is 1.60. The van der Waals surface area contributed by atoms with Gasteiger partial charge < -0.3 is 10.4 Å². The highest BCUT2D eigenvalue weighted by Crippen LogP contribution is 2.16. The van der Waals surface area contributed by atoms with Crippen molar-refractivity contribution in [1.29, 1.82) is 0 Å². The molecule has 4 heteroatoms. The van der Waals surface area contributed by atoms with E-state index in [2.05, 4.69) is 5.32 Å². The fraction of sp³-hybridized carbons (Fsp3) is 0.300. The molecule has 0 saturated carbocycles. The molecular weight excluding hydrogens is 185 g/mol. The zero-order valence-corrected chi connectivity index (χ0v) is 8.04. The fourth-order valence-electron chi connectivity index (χ4n) is 1.28. The first-order valence-corrected chi connectivity index (χ1v) is 4.22. The summed E-state index contributed by atoms with van der Waals surface area (Å²) in [6, 6.07) is 3.49. The summed E-state index contributed by atoms with van der Waals surface area (Å²) in [6.07, 6.45) is 0. The van der Waals surface area contributed by atoms with Crippen molar-refractivity contribution < 1.29 is 14.3 Å². The molecule has 1 atom stereocenters. The summed E-state index contributed by atoms with van der Waals surface area (Å²) in [4.78, 5) is 10.8. The lowest BCUT2D eigenvalue weighted by Gasteiger charge is -2.12. The van der Waals surface area contributed by atoms with Crippen LogP contribution in [0.4, 0.5) is 4.39 Å². The third-order valence-electron chi connectivity index (χ3n) is 2.05. The number of carboxylic acids is 1. The minimum absolute atomic E-state index is 0.325. The molecular formula is C10H12FNO2. The van der Waals surface area contributed by atoms with Gasteiger partial charge in [-0.05, 0) is 31.2 Å². The molecule has 0 amide bonds. The van der Waals surface area contributed by atoms with Gasteiger partial charge in [0.25, 0.3) is 0 Å². The Morgan fingerprint density at radius 1 is 1.57 bits per heavy atom.